The highest BCUT2D eigenvalue weighted by Gasteiger charge is 2.19. The van der Waals surface area contributed by atoms with Crippen molar-refractivity contribution in [3.63, 3.8) is 0 Å². The van der Waals surface area contributed by atoms with E-state index < -0.39 is 5.97 Å². The Morgan fingerprint density at radius 1 is 1.19 bits per heavy atom. The summed E-state index contributed by atoms with van der Waals surface area (Å²) >= 11 is 3.38. The van der Waals surface area contributed by atoms with Gasteiger partial charge in [0.25, 0.3) is 0 Å². The van der Waals surface area contributed by atoms with Gasteiger partial charge in [-0.1, -0.05) is 25.1 Å². The quantitative estimate of drug-likeness (QED) is 0.381. The van der Waals surface area contributed by atoms with Crippen LogP contribution in [0.2, 0.25) is 0 Å². The molecule has 0 aliphatic rings. The number of anilines is 1. The van der Waals surface area contributed by atoms with Gasteiger partial charge in [-0.25, -0.2) is 23.8 Å². The van der Waals surface area contributed by atoms with Gasteiger partial charge in [-0.2, -0.15) is 5.10 Å². The molecule has 2 heterocycles. The van der Waals surface area contributed by atoms with Crippen LogP contribution in [0.5, 0.6) is 0 Å². The van der Waals surface area contributed by atoms with Crippen molar-refractivity contribution >= 4 is 38.8 Å². The maximum absolute atomic E-state index is 13.3. The van der Waals surface area contributed by atoms with E-state index in [4.69, 9.17) is 14.7 Å². The molecule has 0 spiro atoms. The van der Waals surface area contributed by atoms with E-state index in [1.54, 1.807) is 28.9 Å². The number of benzene rings is 2. The average molecular weight is 498 g/mol. The lowest BCUT2D eigenvalue weighted by Crippen LogP contribution is -2.06. The van der Waals surface area contributed by atoms with Crippen LogP contribution in [0.3, 0.4) is 0 Å². The number of esters is 1. The molecular formula is C23H21BrFN5O2. The molecule has 164 valence electrons. The highest BCUT2D eigenvalue weighted by Crippen LogP contribution is 2.30. The van der Waals surface area contributed by atoms with Crippen LogP contribution in [0.1, 0.15) is 28.5 Å². The number of halogens is 2. The molecule has 0 amide bonds. The minimum atomic E-state index is -0.455. The Balaban J connectivity index is 1.82. The maximum atomic E-state index is 13.3. The van der Waals surface area contributed by atoms with Gasteiger partial charge in [0.1, 0.15) is 11.6 Å². The predicted molar refractivity (Wildman–Crippen MR) is 124 cm³/mol. The van der Waals surface area contributed by atoms with Crippen molar-refractivity contribution in [2.45, 2.75) is 19.9 Å². The average Bonchev–Trinajstić information content (AvgIpc) is 3.14. The molecule has 0 radical (unpaired) electrons. The number of carbonyl (C=O) groups excluding carboxylic acids is 1. The Kier molecular flexibility index (Phi) is 6.18. The third kappa shape index (κ3) is 4.20. The van der Waals surface area contributed by atoms with Crippen LogP contribution in [0, 0.1) is 5.82 Å². The molecule has 9 heteroatoms. The smallest absolute Gasteiger partial charge is 0.339 e. The number of hydrogen-bond acceptors (Lipinski definition) is 6. The van der Waals surface area contributed by atoms with Gasteiger partial charge in [-0.05, 0) is 52.2 Å². The van der Waals surface area contributed by atoms with Gasteiger partial charge < -0.3 is 10.1 Å². The monoisotopic (exact) mass is 497 g/mol. The van der Waals surface area contributed by atoms with E-state index >= 15 is 0 Å². The van der Waals surface area contributed by atoms with Crippen molar-refractivity contribution < 1.29 is 13.9 Å². The number of nitrogens with one attached hydrogen (secondary N) is 1. The fraction of sp³-hybridized carbons (Fsp3) is 0.217. The molecule has 2 aromatic carbocycles. The zero-order valence-corrected chi connectivity index (χ0v) is 19.4. The molecule has 4 aromatic rings. The van der Waals surface area contributed by atoms with E-state index in [1.807, 2.05) is 20.0 Å². The molecule has 0 bridgehead atoms. The first-order chi connectivity index (χ1) is 15.4. The summed E-state index contributed by atoms with van der Waals surface area (Å²) in [5.41, 5.74) is 3.52. The second-order valence-electron chi connectivity index (χ2n) is 7.18. The van der Waals surface area contributed by atoms with Crippen molar-refractivity contribution in [1.29, 1.82) is 0 Å². The second kappa shape index (κ2) is 9.04. The molecule has 7 nitrogen and oxygen atoms in total. The zero-order valence-electron chi connectivity index (χ0n) is 17.8. The van der Waals surface area contributed by atoms with E-state index in [0.29, 0.717) is 39.4 Å². The van der Waals surface area contributed by atoms with Crippen LogP contribution in [-0.4, -0.2) is 32.8 Å². The highest BCUT2D eigenvalue weighted by molar-refractivity contribution is 9.10. The molecule has 1 N–H and O–H groups in total. The summed E-state index contributed by atoms with van der Waals surface area (Å²) in [7, 11) is 3.17. The van der Waals surface area contributed by atoms with Crippen molar-refractivity contribution in [3.05, 3.63) is 69.6 Å². The van der Waals surface area contributed by atoms with E-state index in [-0.39, 0.29) is 5.82 Å². The van der Waals surface area contributed by atoms with Gasteiger partial charge in [0.05, 0.1) is 23.8 Å². The van der Waals surface area contributed by atoms with E-state index in [9.17, 15) is 9.18 Å². The number of fused-ring (bicyclic) bond motifs is 1. The molecular weight excluding hydrogens is 477 g/mol. The lowest BCUT2D eigenvalue weighted by Gasteiger charge is -2.11. The van der Waals surface area contributed by atoms with E-state index in [2.05, 4.69) is 26.3 Å². The Morgan fingerprint density at radius 2 is 1.94 bits per heavy atom. The lowest BCUT2D eigenvalue weighted by atomic mass is 10.1. The third-order valence-electron chi connectivity index (χ3n) is 5.09. The highest BCUT2D eigenvalue weighted by atomic mass is 79.9. The Morgan fingerprint density at radius 3 is 2.62 bits per heavy atom. The molecule has 2 aromatic heterocycles. The Hall–Kier alpha value is -3.33. The molecule has 0 aliphatic carbocycles. The summed E-state index contributed by atoms with van der Waals surface area (Å²) in [6, 6.07) is 11.6. The normalized spacial score (nSPS) is 11.0. The number of carbonyl (C=O) groups is 1. The predicted octanol–water partition coefficient (Wildman–Crippen LogP) is 4.89. The molecule has 0 saturated carbocycles. The van der Waals surface area contributed by atoms with Crippen molar-refractivity contribution in [2.75, 3.05) is 12.4 Å². The largest absolute Gasteiger partial charge is 0.465 e. The SMILES string of the molecule is CCc1nn(C)c2nc(-c3ccc(Br)c(C(=O)OC)c3)nc(NCc3ccc(F)cc3)c12. The minimum Gasteiger partial charge on any atom is -0.465 e. The van der Waals surface area contributed by atoms with Crippen molar-refractivity contribution in [2.24, 2.45) is 7.05 Å². The molecule has 0 saturated heterocycles. The Labute approximate surface area is 192 Å². The van der Waals surface area contributed by atoms with Crippen molar-refractivity contribution in [1.82, 2.24) is 19.7 Å². The minimum absolute atomic E-state index is 0.280. The summed E-state index contributed by atoms with van der Waals surface area (Å²) in [5.74, 6) is 0.338. The molecule has 4 rings (SSSR count). The van der Waals surface area contributed by atoms with E-state index in [1.165, 1.54) is 19.2 Å². The van der Waals surface area contributed by atoms with Gasteiger partial charge in [0.2, 0.25) is 0 Å². The number of nitrogens with zero attached hydrogens (tertiary/aromatic N) is 4. The molecule has 0 aliphatic heterocycles. The zero-order chi connectivity index (χ0) is 22.8. The lowest BCUT2D eigenvalue weighted by molar-refractivity contribution is 0.0599. The number of rotatable bonds is 6. The van der Waals surface area contributed by atoms with Gasteiger partial charge in [-0.3, -0.25) is 0 Å². The first-order valence-electron chi connectivity index (χ1n) is 10.0. The van der Waals surface area contributed by atoms with Crippen LogP contribution < -0.4 is 5.32 Å². The summed E-state index contributed by atoms with van der Waals surface area (Å²) < 4.78 is 20.5. The standard InChI is InChI=1S/C23H21BrFN5O2/c1-4-18-19-21(26-12-13-5-8-15(25)9-6-13)27-20(28-22(19)30(2)29-18)14-7-10-17(24)16(11-14)23(31)32-3/h5-11H,4,12H2,1-3H3,(H,26,27,28). The van der Waals surface area contributed by atoms with Crippen LogP contribution in [0.15, 0.2) is 46.9 Å². The summed E-state index contributed by atoms with van der Waals surface area (Å²) in [5, 5.41) is 8.78. The number of aromatic nitrogens is 4. The maximum Gasteiger partial charge on any atom is 0.339 e. The van der Waals surface area contributed by atoms with Crippen molar-refractivity contribution in [3.8, 4) is 11.4 Å². The van der Waals surface area contributed by atoms with Crippen LogP contribution in [-0.2, 0) is 24.8 Å². The molecule has 0 fully saturated rings. The number of hydrogen-bond donors (Lipinski definition) is 1. The topological polar surface area (TPSA) is 81.9 Å². The fourth-order valence-electron chi connectivity index (χ4n) is 3.45. The molecule has 32 heavy (non-hydrogen) atoms. The summed E-state index contributed by atoms with van der Waals surface area (Å²) in [4.78, 5) is 21.6. The number of aryl methyl sites for hydroxylation is 2. The first-order valence-corrected chi connectivity index (χ1v) is 10.8. The second-order valence-corrected chi connectivity index (χ2v) is 8.04. The summed E-state index contributed by atoms with van der Waals surface area (Å²) in [6.45, 7) is 2.48. The van der Waals surface area contributed by atoms with Gasteiger partial charge in [0.15, 0.2) is 11.5 Å². The number of methoxy groups -OCH3 is 1. The Bertz CT molecular complexity index is 1300. The molecule has 0 atom stereocenters. The van der Waals surface area contributed by atoms with Gasteiger partial charge >= 0.3 is 5.97 Å². The number of ether oxygens (including phenoxy) is 1. The van der Waals surface area contributed by atoms with E-state index in [0.717, 1.165) is 23.1 Å². The fourth-order valence-corrected chi connectivity index (χ4v) is 3.86. The third-order valence-corrected chi connectivity index (χ3v) is 5.79. The molecule has 0 unspecified atom stereocenters. The van der Waals surface area contributed by atoms with Crippen LogP contribution in [0.25, 0.3) is 22.4 Å². The first kappa shape index (κ1) is 21.9. The van der Waals surface area contributed by atoms with Crippen LogP contribution >= 0.6 is 15.9 Å². The van der Waals surface area contributed by atoms with Crippen LogP contribution in [0.4, 0.5) is 10.2 Å². The van der Waals surface area contributed by atoms with Gasteiger partial charge in [0, 0.05) is 23.6 Å². The summed E-state index contributed by atoms with van der Waals surface area (Å²) in [6.07, 6.45) is 0.718. The van der Waals surface area contributed by atoms with Gasteiger partial charge in [-0.15, -0.1) is 0 Å².